The zero-order valence-electron chi connectivity index (χ0n) is 10.2. The molecule has 19 heavy (non-hydrogen) atoms. The summed E-state index contributed by atoms with van der Waals surface area (Å²) in [5, 5.41) is 11.3. The van der Waals surface area contributed by atoms with Crippen LogP contribution in [0.2, 0.25) is 0 Å². The molecule has 2 atom stereocenters. The number of pyridine rings is 1. The Kier molecular flexibility index (Phi) is 4.08. The van der Waals surface area contributed by atoms with Crippen LogP contribution in [0.5, 0.6) is 0 Å². The second-order valence-corrected chi connectivity index (χ2v) is 4.41. The maximum Gasteiger partial charge on any atom is 0.309 e. The number of anilines is 1. The first kappa shape index (κ1) is 13.4. The third-order valence-electron chi connectivity index (χ3n) is 2.89. The molecule has 1 aliphatic heterocycles. The first-order valence-electron chi connectivity index (χ1n) is 5.87. The highest BCUT2D eigenvalue weighted by Gasteiger charge is 2.31. The van der Waals surface area contributed by atoms with E-state index >= 15 is 0 Å². The van der Waals surface area contributed by atoms with Crippen LogP contribution >= 0.6 is 0 Å². The summed E-state index contributed by atoms with van der Waals surface area (Å²) in [6.07, 6.45) is 1.28. The van der Waals surface area contributed by atoms with E-state index in [9.17, 15) is 9.59 Å². The first-order valence-corrected chi connectivity index (χ1v) is 5.87. The number of aromatic nitrogens is 1. The molecule has 0 aromatic carbocycles. The Morgan fingerprint density at radius 3 is 2.79 bits per heavy atom. The molecule has 0 saturated carbocycles. The van der Waals surface area contributed by atoms with Gasteiger partial charge in [0.2, 0.25) is 5.91 Å². The number of nitrogens with two attached hydrogens (primary N) is 1. The molecule has 0 radical (unpaired) electrons. The van der Waals surface area contributed by atoms with Crippen molar-refractivity contribution >= 4 is 17.6 Å². The minimum Gasteiger partial charge on any atom is -0.481 e. The molecule has 1 fully saturated rings. The molecular formula is C12H15N3O4. The van der Waals surface area contributed by atoms with Crippen LogP contribution in [0.1, 0.15) is 5.69 Å². The summed E-state index contributed by atoms with van der Waals surface area (Å²) < 4.78 is 5.12. The van der Waals surface area contributed by atoms with Gasteiger partial charge in [0.05, 0.1) is 43.1 Å². The van der Waals surface area contributed by atoms with E-state index < -0.39 is 5.97 Å². The zero-order chi connectivity index (χ0) is 13.8. The maximum atomic E-state index is 11.9. The number of nitrogens with zero attached hydrogens (tertiary/aromatic N) is 1. The van der Waals surface area contributed by atoms with Gasteiger partial charge in [0.15, 0.2) is 0 Å². The van der Waals surface area contributed by atoms with Gasteiger partial charge in [-0.25, -0.2) is 0 Å². The average molecular weight is 265 g/mol. The van der Waals surface area contributed by atoms with Gasteiger partial charge in [-0.2, -0.15) is 0 Å². The van der Waals surface area contributed by atoms with Gasteiger partial charge in [-0.1, -0.05) is 0 Å². The fourth-order valence-corrected chi connectivity index (χ4v) is 1.83. The molecule has 0 aliphatic carbocycles. The predicted molar refractivity (Wildman–Crippen MR) is 66.5 cm³/mol. The van der Waals surface area contributed by atoms with Gasteiger partial charge in [-0.05, 0) is 12.1 Å². The maximum absolute atomic E-state index is 11.9. The fraction of sp³-hybridized carbons (Fsp3) is 0.417. The third kappa shape index (κ3) is 3.49. The highest BCUT2D eigenvalue weighted by atomic mass is 16.5. The highest BCUT2D eigenvalue weighted by molar-refractivity contribution is 5.93. The van der Waals surface area contributed by atoms with Crippen LogP contribution in [0.25, 0.3) is 0 Å². The lowest BCUT2D eigenvalue weighted by atomic mass is 10.0. The van der Waals surface area contributed by atoms with Crippen molar-refractivity contribution in [2.75, 3.05) is 18.5 Å². The van der Waals surface area contributed by atoms with Crippen molar-refractivity contribution < 1.29 is 19.4 Å². The minimum atomic E-state index is -0.946. The molecule has 1 aliphatic rings. The van der Waals surface area contributed by atoms with Crippen LogP contribution in [0.3, 0.4) is 0 Å². The van der Waals surface area contributed by atoms with Gasteiger partial charge in [0, 0.05) is 6.04 Å². The zero-order valence-corrected chi connectivity index (χ0v) is 10.2. The molecule has 4 N–H and O–H groups in total. The van der Waals surface area contributed by atoms with Crippen LogP contribution in [0.15, 0.2) is 18.3 Å². The molecule has 0 bridgehead atoms. The van der Waals surface area contributed by atoms with Crippen molar-refractivity contribution in [3.8, 4) is 0 Å². The Bertz CT molecular complexity index is 474. The van der Waals surface area contributed by atoms with Crippen LogP contribution in [0, 0.1) is 5.92 Å². The Morgan fingerprint density at radius 2 is 2.26 bits per heavy atom. The lowest BCUT2D eigenvalue weighted by Gasteiger charge is -2.13. The Labute approximate surface area is 109 Å². The van der Waals surface area contributed by atoms with Gasteiger partial charge in [0.25, 0.3) is 0 Å². The molecule has 7 nitrogen and oxygen atoms in total. The molecule has 7 heteroatoms. The second-order valence-electron chi connectivity index (χ2n) is 4.41. The quantitative estimate of drug-likeness (QED) is 0.683. The minimum absolute atomic E-state index is 0.143. The number of amides is 1. The topological polar surface area (TPSA) is 115 Å². The number of carbonyl (C=O) groups excluding carboxylic acids is 1. The van der Waals surface area contributed by atoms with Gasteiger partial charge in [-0.3, -0.25) is 14.6 Å². The number of ether oxygens (including phenoxy) is 1. The van der Waals surface area contributed by atoms with E-state index in [2.05, 4.69) is 10.3 Å². The SMILES string of the molecule is NC1COCC1C(=O)Nc1ccc(CC(=O)O)nc1. The number of hydrogen-bond donors (Lipinski definition) is 3. The van der Waals surface area contributed by atoms with Gasteiger partial charge in [-0.15, -0.1) is 0 Å². The van der Waals surface area contributed by atoms with Crippen LogP contribution < -0.4 is 11.1 Å². The molecule has 2 heterocycles. The number of aliphatic carboxylic acids is 1. The predicted octanol–water partition coefficient (Wildman–Crippen LogP) is -0.379. The summed E-state index contributed by atoms with van der Waals surface area (Å²) in [6.45, 7) is 0.700. The van der Waals surface area contributed by atoms with E-state index in [1.807, 2.05) is 0 Å². The summed E-state index contributed by atoms with van der Waals surface area (Å²) in [5.41, 5.74) is 6.69. The molecule has 1 aromatic rings. The normalized spacial score (nSPS) is 22.2. The van der Waals surface area contributed by atoms with Crippen LogP contribution in [-0.4, -0.2) is 41.2 Å². The number of rotatable bonds is 4. The third-order valence-corrected chi connectivity index (χ3v) is 2.89. The fourth-order valence-electron chi connectivity index (χ4n) is 1.83. The first-order chi connectivity index (χ1) is 9.06. The van der Waals surface area contributed by atoms with Crippen molar-refractivity contribution in [2.24, 2.45) is 11.7 Å². The summed E-state index contributed by atoms with van der Waals surface area (Å²) >= 11 is 0. The van der Waals surface area contributed by atoms with Gasteiger partial charge >= 0.3 is 5.97 Å². The molecule has 1 aromatic heterocycles. The van der Waals surface area contributed by atoms with E-state index in [0.29, 0.717) is 24.6 Å². The number of carboxylic acid groups (broad SMARTS) is 1. The molecule has 1 saturated heterocycles. The van der Waals surface area contributed by atoms with Crippen LogP contribution in [0.4, 0.5) is 5.69 Å². The molecule has 2 rings (SSSR count). The average Bonchev–Trinajstić information content (AvgIpc) is 2.77. The molecule has 2 unspecified atom stereocenters. The van der Waals surface area contributed by atoms with E-state index in [4.69, 9.17) is 15.6 Å². The second kappa shape index (κ2) is 5.77. The highest BCUT2D eigenvalue weighted by Crippen LogP contribution is 2.15. The Morgan fingerprint density at radius 1 is 1.47 bits per heavy atom. The lowest BCUT2D eigenvalue weighted by molar-refractivity contribution is -0.136. The van der Waals surface area contributed by atoms with Crippen molar-refractivity contribution in [2.45, 2.75) is 12.5 Å². The van der Waals surface area contributed by atoms with E-state index in [1.54, 1.807) is 12.1 Å². The molecule has 0 spiro atoms. The number of hydrogen-bond acceptors (Lipinski definition) is 5. The summed E-state index contributed by atoms with van der Waals surface area (Å²) in [7, 11) is 0. The number of carbonyl (C=O) groups is 2. The largest absolute Gasteiger partial charge is 0.481 e. The molecule has 1 amide bonds. The smallest absolute Gasteiger partial charge is 0.309 e. The van der Waals surface area contributed by atoms with E-state index in [1.165, 1.54) is 6.20 Å². The molecular weight excluding hydrogens is 250 g/mol. The van der Waals surface area contributed by atoms with Crippen molar-refractivity contribution in [3.05, 3.63) is 24.0 Å². The summed E-state index contributed by atoms with van der Waals surface area (Å²) in [4.78, 5) is 26.4. The monoisotopic (exact) mass is 265 g/mol. The van der Waals surface area contributed by atoms with Crippen LogP contribution in [-0.2, 0) is 20.7 Å². The summed E-state index contributed by atoms with van der Waals surface area (Å²) in [5.74, 6) is -1.52. The van der Waals surface area contributed by atoms with E-state index in [-0.39, 0.29) is 24.3 Å². The lowest BCUT2D eigenvalue weighted by Crippen LogP contribution is -2.37. The standard InChI is InChI=1S/C12H15N3O4/c13-10-6-19-5-9(10)12(18)15-8-2-1-7(14-4-8)3-11(16)17/h1-2,4,9-10H,3,5-6,13H2,(H,15,18)(H,16,17). The molecule has 102 valence electrons. The van der Waals surface area contributed by atoms with Gasteiger partial charge in [0.1, 0.15) is 0 Å². The van der Waals surface area contributed by atoms with Gasteiger partial charge < -0.3 is 20.9 Å². The Balaban J connectivity index is 1.95. The Hall–Kier alpha value is -1.99. The number of carboxylic acids is 1. The van der Waals surface area contributed by atoms with Crippen molar-refractivity contribution in [3.63, 3.8) is 0 Å². The van der Waals surface area contributed by atoms with E-state index in [0.717, 1.165) is 0 Å². The van der Waals surface area contributed by atoms with Crippen molar-refractivity contribution in [1.82, 2.24) is 4.98 Å². The van der Waals surface area contributed by atoms with Crippen molar-refractivity contribution in [1.29, 1.82) is 0 Å². The summed E-state index contributed by atoms with van der Waals surface area (Å²) in [6, 6.07) is 2.89. The number of nitrogens with one attached hydrogen (secondary N) is 1.